The molecule has 0 radical (unpaired) electrons. The average Bonchev–Trinajstić information content (AvgIpc) is 2.88. The number of nitrogens with one attached hydrogen (secondary N) is 2. The highest BCUT2D eigenvalue weighted by atomic mass is 16.5. The van der Waals surface area contributed by atoms with Crippen LogP contribution in [-0.4, -0.2) is 31.7 Å². The van der Waals surface area contributed by atoms with Crippen LogP contribution in [0.3, 0.4) is 0 Å². The maximum Gasteiger partial charge on any atom is 0.249 e. The number of hydrazone groups is 1. The summed E-state index contributed by atoms with van der Waals surface area (Å²) in [5.41, 5.74) is 4.78. The number of carbonyl (C=O) groups excluding carboxylic acids is 2. The second-order valence-corrected chi connectivity index (χ2v) is 7.42. The van der Waals surface area contributed by atoms with Crippen LogP contribution in [0, 0.1) is 11.3 Å². The molecule has 0 aliphatic carbocycles. The average molecular weight is 487 g/mol. The summed E-state index contributed by atoms with van der Waals surface area (Å²) in [6.07, 6.45) is 1.03. The number of nitriles is 1. The van der Waals surface area contributed by atoms with Gasteiger partial charge in [0.05, 0.1) is 37.3 Å². The van der Waals surface area contributed by atoms with E-state index in [1.807, 2.05) is 19.1 Å². The predicted octanol–water partition coefficient (Wildman–Crippen LogP) is 4.02. The largest absolute Gasteiger partial charge is 0.495 e. The fraction of sp³-hybridized carbons (Fsp3) is 0.185. The van der Waals surface area contributed by atoms with Gasteiger partial charge in [-0.2, -0.15) is 10.4 Å². The Balaban J connectivity index is 1.57. The lowest BCUT2D eigenvalue weighted by molar-refractivity contribution is -0.126. The van der Waals surface area contributed by atoms with Crippen molar-refractivity contribution in [1.29, 1.82) is 5.26 Å². The zero-order chi connectivity index (χ0) is 25.8. The fourth-order valence-corrected chi connectivity index (χ4v) is 3.21. The lowest BCUT2D eigenvalue weighted by Gasteiger charge is -2.13. The van der Waals surface area contributed by atoms with Gasteiger partial charge in [-0.15, -0.1) is 0 Å². The Bertz CT molecular complexity index is 1280. The molecule has 9 heteroatoms. The lowest BCUT2D eigenvalue weighted by Crippen LogP contribution is -2.24. The summed E-state index contributed by atoms with van der Waals surface area (Å²) in [6, 6.07) is 21.5. The molecule has 0 fully saturated rings. The van der Waals surface area contributed by atoms with Crippen molar-refractivity contribution in [3.8, 4) is 23.3 Å². The lowest BCUT2D eigenvalue weighted by atomic mass is 10.1. The molecule has 0 spiro atoms. The molecule has 184 valence electrons. The molecule has 0 aromatic heterocycles. The van der Waals surface area contributed by atoms with Crippen LogP contribution in [0.5, 0.6) is 17.2 Å². The summed E-state index contributed by atoms with van der Waals surface area (Å²) in [5.74, 6) is 0.443. The third-order valence-corrected chi connectivity index (χ3v) is 4.89. The molecular formula is C27H26N4O5. The van der Waals surface area contributed by atoms with Gasteiger partial charge in [-0.1, -0.05) is 30.3 Å². The molecule has 0 aliphatic heterocycles. The number of amides is 2. The minimum absolute atomic E-state index is 0.213. The maximum atomic E-state index is 12.2. The van der Waals surface area contributed by atoms with Crippen LogP contribution >= 0.6 is 0 Å². The van der Waals surface area contributed by atoms with E-state index in [0.29, 0.717) is 40.7 Å². The Kier molecular flexibility index (Phi) is 9.42. The van der Waals surface area contributed by atoms with E-state index in [1.165, 1.54) is 13.3 Å². The van der Waals surface area contributed by atoms with Crippen molar-refractivity contribution in [2.24, 2.45) is 5.10 Å². The molecule has 0 unspecified atom stereocenters. The summed E-state index contributed by atoms with van der Waals surface area (Å²) in [7, 11) is 1.50. The van der Waals surface area contributed by atoms with E-state index >= 15 is 0 Å². The number of hydrogen-bond donors (Lipinski definition) is 2. The van der Waals surface area contributed by atoms with Crippen molar-refractivity contribution in [3.63, 3.8) is 0 Å². The van der Waals surface area contributed by atoms with Gasteiger partial charge in [0, 0.05) is 5.56 Å². The molecule has 0 heterocycles. The molecule has 3 rings (SSSR count). The first-order valence-corrected chi connectivity index (χ1v) is 11.2. The van der Waals surface area contributed by atoms with Crippen molar-refractivity contribution in [1.82, 2.24) is 5.43 Å². The van der Waals surface area contributed by atoms with Crippen LogP contribution in [-0.2, 0) is 16.2 Å². The second kappa shape index (κ2) is 13.2. The highest BCUT2D eigenvalue weighted by Gasteiger charge is 2.12. The van der Waals surface area contributed by atoms with Gasteiger partial charge < -0.3 is 19.5 Å². The summed E-state index contributed by atoms with van der Waals surface area (Å²) in [6.45, 7) is 2.49. The number of methoxy groups -OCH3 is 1. The summed E-state index contributed by atoms with van der Waals surface area (Å²) in [5, 5.41) is 15.8. The van der Waals surface area contributed by atoms with Crippen molar-refractivity contribution in [2.75, 3.05) is 19.0 Å². The van der Waals surface area contributed by atoms with Crippen molar-refractivity contribution >= 4 is 23.7 Å². The van der Waals surface area contributed by atoms with Gasteiger partial charge in [-0.25, -0.2) is 5.43 Å². The Morgan fingerprint density at radius 3 is 2.53 bits per heavy atom. The number of benzene rings is 3. The Labute approximate surface area is 209 Å². The van der Waals surface area contributed by atoms with Gasteiger partial charge in [-0.3, -0.25) is 9.59 Å². The van der Waals surface area contributed by atoms with E-state index in [-0.39, 0.29) is 6.61 Å². The first-order chi connectivity index (χ1) is 17.5. The number of ether oxygens (including phenoxy) is 3. The number of anilines is 1. The molecule has 2 amide bonds. The van der Waals surface area contributed by atoms with Crippen molar-refractivity contribution in [2.45, 2.75) is 20.0 Å². The molecule has 3 aromatic carbocycles. The van der Waals surface area contributed by atoms with Crippen LogP contribution in [0.25, 0.3) is 0 Å². The quantitative estimate of drug-likeness (QED) is 0.240. The Morgan fingerprint density at radius 1 is 0.972 bits per heavy atom. The highest BCUT2D eigenvalue weighted by Crippen LogP contribution is 2.29. The van der Waals surface area contributed by atoms with Crippen LogP contribution < -0.4 is 25.0 Å². The zero-order valence-corrected chi connectivity index (χ0v) is 20.0. The van der Waals surface area contributed by atoms with E-state index in [0.717, 1.165) is 5.56 Å². The topological polar surface area (TPSA) is 122 Å². The molecule has 0 aliphatic rings. The Morgan fingerprint density at radius 2 is 1.75 bits per heavy atom. The van der Waals surface area contributed by atoms with E-state index < -0.39 is 18.2 Å². The number of hydrogen-bond acceptors (Lipinski definition) is 7. The van der Waals surface area contributed by atoms with Gasteiger partial charge in [0.25, 0.3) is 0 Å². The van der Waals surface area contributed by atoms with Gasteiger partial charge in [-0.05, 0) is 48.9 Å². The summed E-state index contributed by atoms with van der Waals surface area (Å²) in [4.78, 5) is 24.3. The SMILES string of the molecule is CCOc1cc(C=NNC(=O)CC(=O)Nc2ccccc2OC)ccc1OCc1ccccc1C#N. The van der Waals surface area contributed by atoms with E-state index in [4.69, 9.17) is 14.2 Å². The highest BCUT2D eigenvalue weighted by molar-refractivity contribution is 6.04. The smallest absolute Gasteiger partial charge is 0.249 e. The first kappa shape index (κ1) is 25.8. The molecule has 0 saturated heterocycles. The van der Waals surface area contributed by atoms with Gasteiger partial charge in [0.15, 0.2) is 11.5 Å². The summed E-state index contributed by atoms with van der Waals surface area (Å²) >= 11 is 0. The Hall–Kier alpha value is -4.84. The van der Waals surface area contributed by atoms with E-state index in [1.54, 1.807) is 54.6 Å². The molecule has 9 nitrogen and oxygen atoms in total. The van der Waals surface area contributed by atoms with Crippen molar-refractivity contribution < 1.29 is 23.8 Å². The van der Waals surface area contributed by atoms with Crippen LogP contribution in [0.2, 0.25) is 0 Å². The number of rotatable bonds is 11. The molecule has 0 atom stereocenters. The van der Waals surface area contributed by atoms with Gasteiger partial charge in [0.1, 0.15) is 18.8 Å². The minimum atomic E-state index is -0.570. The third-order valence-electron chi connectivity index (χ3n) is 4.89. The van der Waals surface area contributed by atoms with Gasteiger partial charge in [0.2, 0.25) is 11.8 Å². The molecule has 0 bridgehead atoms. The molecule has 2 N–H and O–H groups in total. The monoisotopic (exact) mass is 486 g/mol. The number of carbonyl (C=O) groups is 2. The number of para-hydroxylation sites is 2. The maximum absolute atomic E-state index is 12.2. The molecule has 0 saturated carbocycles. The normalized spacial score (nSPS) is 10.4. The van der Waals surface area contributed by atoms with E-state index in [2.05, 4.69) is 21.9 Å². The number of nitrogens with zero attached hydrogens (tertiary/aromatic N) is 2. The fourth-order valence-electron chi connectivity index (χ4n) is 3.21. The van der Waals surface area contributed by atoms with Crippen LogP contribution in [0.4, 0.5) is 5.69 Å². The zero-order valence-electron chi connectivity index (χ0n) is 20.0. The van der Waals surface area contributed by atoms with Crippen LogP contribution in [0.1, 0.15) is 30.0 Å². The van der Waals surface area contributed by atoms with Gasteiger partial charge >= 0.3 is 0 Å². The second-order valence-electron chi connectivity index (χ2n) is 7.42. The van der Waals surface area contributed by atoms with E-state index in [9.17, 15) is 14.9 Å². The summed E-state index contributed by atoms with van der Waals surface area (Å²) < 4.78 is 16.7. The first-order valence-electron chi connectivity index (χ1n) is 11.2. The predicted molar refractivity (Wildman–Crippen MR) is 135 cm³/mol. The molecule has 36 heavy (non-hydrogen) atoms. The standard InChI is InChI=1S/C27H26N4O5/c1-3-35-25-14-19(12-13-24(25)36-18-21-9-5-4-8-20(21)16-28)17-29-31-27(33)15-26(32)30-22-10-6-7-11-23(22)34-2/h4-14,17H,3,15,18H2,1-2H3,(H,30,32)(H,31,33). The molecule has 3 aromatic rings. The van der Waals surface area contributed by atoms with Crippen molar-refractivity contribution in [3.05, 3.63) is 83.4 Å². The molecular weight excluding hydrogens is 460 g/mol. The minimum Gasteiger partial charge on any atom is -0.495 e. The third kappa shape index (κ3) is 7.33. The van der Waals surface area contributed by atoms with Crippen LogP contribution in [0.15, 0.2) is 71.8 Å².